The van der Waals surface area contributed by atoms with E-state index in [2.05, 4.69) is 16.0 Å². The fourth-order valence-corrected chi connectivity index (χ4v) is 3.86. The Hall–Kier alpha value is -2.15. The number of amides is 2. The number of piperidine rings is 1. The van der Waals surface area contributed by atoms with Gasteiger partial charge >= 0.3 is 0 Å². The minimum Gasteiger partial charge on any atom is -0.369 e. The second-order valence-electron chi connectivity index (χ2n) is 6.46. The number of primary amides is 1. The highest BCUT2D eigenvalue weighted by Crippen LogP contribution is 2.23. The van der Waals surface area contributed by atoms with Crippen LogP contribution in [0.15, 0.2) is 23.4 Å². The molecule has 7 heteroatoms. The molecule has 0 saturated carbocycles. The molecule has 1 saturated heterocycles. The molecule has 1 aliphatic rings. The third-order valence-corrected chi connectivity index (χ3v) is 5.43. The molecule has 0 unspecified atom stereocenters. The lowest BCUT2D eigenvalue weighted by Gasteiger charge is -2.30. The van der Waals surface area contributed by atoms with Gasteiger partial charge in [0.05, 0.1) is 11.3 Å². The molecule has 1 aromatic carbocycles. The number of benzene rings is 1. The van der Waals surface area contributed by atoms with E-state index in [1.54, 1.807) is 4.90 Å². The summed E-state index contributed by atoms with van der Waals surface area (Å²) in [5.74, 6) is -0.0144. The molecule has 1 fully saturated rings. The third kappa shape index (κ3) is 4.10. The fraction of sp³-hybridized carbons (Fsp3) is 0.444. The summed E-state index contributed by atoms with van der Waals surface area (Å²) < 4.78 is 0. The van der Waals surface area contributed by atoms with Crippen LogP contribution < -0.4 is 5.73 Å². The summed E-state index contributed by atoms with van der Waals surface area (Å²) in [6, 6.07) is 6.09. The molecule has 25 heavy (non-hydrogen) atoms. The minimum absolute atomic E-state index is 0.0539. The van der Waals surface area contributed by atoms with Gasteiger partial charge < -0.3 is 10.6 Å². The summed E-state index contributed by atoms with van der Waals surface area (Å²) in [4.78, 5) is 34.4. The molecule has 1 aromatic heterocycles. The van der Waals surface area contributed by atoms with Crippen molar-refractivity contribution >= 4 is 34.5 Å². The summed E-state index contributed by atoms with van der Waals surface area (Å²) in [6.07, 6.45) is 1.30. The molecule has 2 aromatic rings. The Labute approximate surface area is 151 Å². The largest absolute Gasteiger partial charge is 0.369 e. The Kier molecular flexibility index (Phi) is 5.22. The quantitative estimate of drug-likeness (QED) is 0.667. The van der Waals surface area contributed by atoms with Gasteiger partial charge in [0.15, 0.2) is 5.16 Å². The van der Waals surface area contributed by atoms with E-state index in [4.69, 9.17) is 5.73 Å². The first-order chi connectivity index (χ1) is 11.9. The highest BCUT2D eigenvalue weighted by Gasteiger charge is 2.25. The number of likely N-dealkylation sites (tertiary alicyclic amines) is 1. The molecule has 2 amide bonds. The number of aromatic nitrogens is 2. The van der Waals surface area contributed by atoms with Crippen LogP contribution in [-0.4, -0.2) is 45.5 Å². The highest BCUT2D eigenvalue weighted by atomic mass is 32.2. The highest BCUT2D eigenvalue weighted by molar-refractivity contribution is 7.99. The first-order valence-electron chi connectivity index (χ1n) is 8.39. The second-order valence-corrected chi connectivity index (χ2v) is 7.40. The molecule has 0 aliphatic carbocycles. The smallest absolute Gasteiger partial charge is 0.233 e. The van der Waals surface area contributed by atoms with Crippen molar-refractivity contribution in [2.75, 3.05) is 18.8 Å². The van der Waals surface area contributed by atoms with Crippen LogP contribution in [-0.2, 0) is 9.59 Å². The average Bonchev–Trinajstić information content (AvgIpc) is 2.60. The molecule has 0 spiro atoms. The van der Waals surface area contributed by atoms with Crippen LogP contribution in [0.5, 0.6) is 0 Å². The van der Waals surface area contributed by atoms with Gasteiger partial charge in [0, 0.05) is 30.1 Å². The Morgan fingerprint density at radius 3 is 2.64 bits per heavy atom. The van der Waals surface area contributed by atoms with E-state index in [-0.39, 0.29) is 17.7 Å². The maximum atomic E-state index is 12.4. The van der Waals surface area contributed by atoms with Crippen molar-refractivity contribution in [3.05, 3.63) is 29.5 Å². The van der Waals surface area contributed by atoms with Crippen LogP contribution in [0, 0.1) is 19.8 Å². The van der Waals surface area contributed by atoms with Crippen molar-refractivity contribution in [1.29, 1.82) is 0 Å². The zero-order chi connectivity index (χ0) is 18.0. The number of fused-ring (bicyclic) bond motifs is 1. The van der Waals surface area contributed by atoms with E-state index in [9.17, 15) is 9.59 Å². The third-order valence-electron chi connectivity index (χ3n) is 4.60. The van der Waals surface area contributed by atoms with Crippen molar-refractivity contribution in [3.63, 3.8) is 0 Å². The van der Waals surface area contributed by atoms with Crippen LogP contribution in [0.1, 0.15) is 24.1 Å². The van der Waals surface area contributed by atoms with Crippen LogP contribution in [0.4, 0.5) is 0 Å². The maximum absolute atomic E-state index is 12.4. The summed E-state index contributed by atoms with van der Waals surface area (Å²) in [7, 11) is 0. The van der Waals surface area contributed by atoms with Gasteiger partial charge in [0.2, 0.25) is 11.8 Å². The van der Waals surface area contributed by atoms with Crippen LogP contribution >= 0.6 is 11.8 Å². The number of nitrogens with two attached hydrogens (primary N) is 1. The van der Waals surface area contributed by atoms with E-state index in [1.807, 2.05) is 26.0 Å². The lowest BCUT2D eigenvalue weighted by molar-refractivity contribution is -0.132. The molecule has 2 heterocycles. The molecular formula is C18H22N4O2S. The van der Waals surface area contributed by atoms with Gasteiger partial charge in [-0.3, -0.25) is 9.59 Å². The summed E-state index contributed by atoms with van der Waals surface area (Å²) in [5, 5.41) is 1.67. The number of thioether (sulfide) groups is 1. The van der Waals surface area contributed by atoms with Gasteiger partial charge in [0.1, 0.15) is 0 Å². The molecule has 2 N–H and O–H groups in total. The zero-order valence-corrected chi connectivity index (χ0v) is 15.3. The lowest BCUT2D eigenvalue weighted by Crippen LogP contribution is -2.42. The van der Waals surface area contributed by atoms with Crippen LogP contribution in [0.3, 0.4) is 0 Å². The van der Waals surface area contributed by atoms with E-state index in [1.165, 1.54) is 17.3 Å². The Balaban J connectivity index is 1.62. The number of hydrogen-bond acceptors (Lipinski definition) is 5. The van der Waals surface area contributed by atoms with Gasteiger partial charge in [-0.15, -0.1) is 0 Å². The molecule has 0 atom stereocenters. The van der Waals surface area contributed by atoms with Gasteiger partial charge in [-0.2, -0.15) is 0 Å². The summed E-state index contributed by atoms with van der Waals surface area (Å²) in [6.45, 7) is 5.18. The fourth-order valence-electron chi connectivity index (χ4n) is 3.06. The Bertz CT molecular complexity index is 816. The van der Waals surface area contributed by atoms with Gasteiger partial charge in [-0.1, -0.05) is 23.4 Å². The summed E-state index contributed by atoms with van der Waals surface area (Å²) in [5.41, 5.74) is 8.32. The lowest BCUT2D eigenvalue weighted by atomic mass is 9.96. The minimum atomic E-state index is -0.267. The van der Waals surface area contributed by atoms with Crippen LogP contribution in [0.2, 0.25) is 0 Å². The number of rotatable bonds is 4. The maximum Gasteiger partial charge on any atom is 0.233 e. The zero-order valence-electron chi connectivity index (χ0n) is 14.5. The van der Waals surface area contributed by atoms with Crippen molar-refractivity contribution in [3.8, 4) is 0 Å². The van der Waals surface area contributed by atoms with E-state index < -0.39 is 0 Å². The standard InChI is InChI=1S/C18H22N4O2S/c1-11-3-4-15-14(9-11)12(2)20-18(21-15)25-10-16(23)22-7-5-13(6-8-22)17(19)24/h3-4,9,13H,5-8,10H2,1-2H3,(H2,19,24). The Morgan fingerprint density at radius 2 is 1.96 bits per heavy atom. The summed E-state index contributed by atoms with van der Waals surface area (Å²) >= 11 is 1.36. The molecule has 0 bridgehead atoms. The second kappa shape index (κ2) is 7.39. The number of aryl methyl sites for hydroxylation is 2. The van der Waals surface area contributed by atoms with Crippen molar-refractivity contribution < 1.29 is 9.59 Å². The van der Waals surface area contributed by atoms with Crippen LogP contribution in [0.25, 0.3) is 10.9 Å². The SMILES string of the molecule is Cc1ccc2nc(SCC(=O)N3CCC(C(N)=O)CC3)nc(C)c2c1. The molecule has 3 rings (SSSR count). The number of carbonyl (C=O) groups is 2. The number of nitrogens with zero attached hydrogens (tertiary/aromatic N) is 3. The molecule has 132 valence electrons. The van der Waals surface area contributed by atoms with Gasteiger partial charge in [0.25, 0.3) is 0 Å². The number of carbonyl (C=O) groups excluding carboxylic acids is 2. The molecular weight excluding hydrogens is 336 g/mol. The van der Waals surface area contributed by atoms with E-state index in [0.717, 1.165) is 16.6 Å². The van der Waals surface area contributed by atoms with Gasteiger partial charge in [-0.25, -0.2) is 9.97 Å². The van der Waals surface area contributed by atoms with E-state index in [0.29, 0.717) is 36.8 Å². The first kappa shape index (κ1) is 17.7. The monoisotopic (exact) mass is 358 g/mol. The van der Waals surface area contributed by atoms with E-state index >= 15 is 0 Å². The van der Waals surface area contributed by atoms with Crippen molar-refractivity contribution in [2.45, 2.75) is 31.8 Å². The predicted octanol–water partition coefficient (Wildman–Crippen LogP) is 2.06. The Morgan fingerprint density at radius 1 is 1.24 bits per heavy atom. The van der Waals surface area contributed by atoms with Crippen molar-refractivity contribution in [2.24, 2.45) is 11.7 Å². The molecule has 1 aliphatic heterocycles. The normalized spacial score (nSPS) is 15.5. The van der Waals surface area contributed by atoms with Gasteiger partial charge in [-0.05, 0) is 38.8 Å². The van der Waals surface area contributed by atoms with Crippen molar-refractivity contribution in [1.82, 2.24) is 14.9 Å². The predicted molar refractivity (Wildman–Crippen MR) is 98.2 cm³/mol. The number of hydrogen-bond donors (Lipinski definition) is 1. The first-order valence-corrected chi connectivity index (χ1v) is 9.37. The molecule has 0 radical (unpaired) electrons. The molecule has 6 nitrogen and oxygen atoms in total. The average molecular weight is 358 g/mol. The topological polar surface area (TPSA) is 89.2 Å².